The Balaban J connectivity index is 1.81. The zero-order valence-corrected chi connectivity index (χ0v) is 11.5. The SMILES string of the molecule is CC(NC(=O)COc1csc(C(=O)O)c1)c1ccco1. The summed E-state index contributed by atoms with van der Waals surface area (Å²) in [5.41, 5.74) is 0. The molecule has 106 valence electrons. The number of ether oxygens (including phenoxy) is 1. The van der Waals surface area contributed by atoms with Gasteiger partial charge in [0.05, 0.1) is 12.3 Å². The monoisotopic (exact) mass is 295 g/mol. The summed E-state index contributed by atoms with van der Waals surface area (Å²) in [7, 11) is 0. The number of hydrogen-bond donors (Lipinski definition) is 2. The van der Waals surface area contributed by atoms with Gasteiger partial charge in [-0.15, -0.1) is 11.3 Å². The van der Waals surface area contributed by atoms with Crippen molar-refractivity contribution in [3.05, 3.63) is 40.5 Å². The number of thiophene rings is 1. The number of carbonyl (C=O) groups excluding carboxylic acids is 1. The fourth-order valence-electron chi connectivity index (χ4n) is 1.55. The van der Waals surface area contributed by atoms with Crippen LogP contribution in [0.1, 0.15) is 28.4 Å². The van der Waals surface area contributed by atoms with Crippen LogP contribution in [-0.2, 0) is 4.79 Å². The Hall–Kier alpha value is -2.28. The maximum Gasteiger partial charge on any atom is 0.346 e. The Labute approximate surface area is 119 Å². The molecule has 1 amide bonds. The second-order valence-corrected chi connectivity index (χ2v) is 4.96. The van der Waals surface area contributed by atoms with E-state index >= 15 is 0 Å². The van der Waals surface area contributed by atoms with Gasteiger partial charge in [-0.3, -0.25) is 4.79 Å². The lowest BCUT2D eigenvalue weighted by molar-refractivity contribution is -0.123. The molecule has 2 heterocycles. The lowest BCUT2D eigenvalue weighted by Crippen LogP contribution is -2.31. The van der Waals surface area contributed by atoms with Gasteiger partial charge in [-0.2, -0.15) is 0 Å². The number of carboxylic acid groups (broad SMARTS) is 1. The summed E-state index contributed by atoms with van der Waals surface area (Å²) >= 11 is 1.05. The van der Waals surface area contributed by atoms with E-state index in [9.17, 15) is 9.59 Å². The molecule has 0 aromatic carbocycles. The van der Waals surface area contributed by atoms with E-state index in [-0.39, 0.29) is 23.4 Å². The topological polar surface area (TPSA) is 88.8 Å². The first-order valence-corrected chi connectivity index (χ1v) is 6.71. The van der Waals surface area contributed by atoms with Gasteiger partial charge in [0, 0.05) is 11.4 Å². The van der Waals surface area contributed by atoms with Gasteiger partial charge in [-0.25, -0.2) is 4.79 Å². The van der Waals surface area contributed by atoms with Crippen molar-refractivity contribution in [2.75, 3.05) is 6.61 Å². The molecule has 7 heteroatoms. The maximum absolute atomic E-state index is 11.7. The van der Waals surface area contributed by atoms with Crippen molar-refractivity contribution in [3.8, 4) is 5.75 Å². The molecule has 0 aliphatic carbocycles. The van der Waals surface area contributed by atoms with Gasteiger partial charge < -0.3 is 19.6 Å². The molecule has 0 aliphatic heterocycles. The first-order chi connectivity index (χ1) is 9.56. The van der Waals surface area contributed by atoms with Crippen molar-refractivity contribution in [3.63, 3.8) is 0 Å². The Morgan fingerprint density at radius 2 is 2.35 bits per heavy atom. The third kappa shape index (κ3) is 3.61. The summed E-state index contributed by atoms with van der Waals surface area (Å²) in [6, 6.07) is 4.64. The summed E-state index contributed by atoms with van der Waals surface area (Å²) in [6.45, 7) is 1.62. The number of amides is 1. The average molecular weight is 295 g/mol. The summed E-state index contributed by atoms with van der Waals surface area (Å²) in [5.74, 6) is -0.298. The Morgan fingerprint density at radius 3 is 2.95 bits per heavy atom. The predicted octanol–water partition coefficient (Wildman–Crippen LogP) is 2.30. The molecule has 2 aromatic heterocycles. The molecule has 0 spiro atoms. The van der Waals surface area contributed by atoms with Crippen molar-refractivity contribution < 1.29 is 23.8 Å². The van der Waals surface area contributed by atoms with Crippen LogP contribution in [0.25, 0.3) is 0 Å². The number of carboxylic acids is 1. The second kappa shape index (κ2) is 6.25. The molecule has 0 radical (unpaired) electrons. The van der Waals surface area contributed by atoms with Crippen LogP contribution in [0.2, 0.25) is 0 Å². The Morgan fingerprint density at radius 1 is 1.55 bits per heavy atom. The number of rotatable bonds is 6. The van der Waals surface area contributed by atoms with E-state index in [1.807, 2.05) is 0 Å². The van der Waals surface area contributed by atoms with E-state index in [4.69, 9.17) is 14.3 Å². The molecule has 1 atom stereocenters. The van der Waals surface area contributed by atoms with Crippen LogP contribution in [0.5, 0.6) is 5.75 Å². The summed E-state index contributed by atoms with van der Waals surface area (Å²) < 4.78 is 10.4. The van der Waals surface area contributed by atoms with E-state index in [1.165, 1.54) is 12.3 Å². The van der Waals surface area contributed by atoms with Crippen LogP contribution >= 0.6 is 11.3 Å². The molecule has 1 unspecified atom stereocenters. The minimum absolute atomic E-state index is 0.171. The zero-order chi connectivity index (χ0) is 14.5. The van der Waals surface area contributed by atoms with E-state index in [0.717, 1.165) is 11.3 Å². The van der Waals surface area contributed by atoms with Crippen molar-refractivity contribution in [2.45, 2.75) is 13.0 Å². The highest BCUT2D eigenvalue weighted by atomic mass is 32.1. The fourth-order valence-corrected chi connectivity index (χ4v) is 2.21. The van der Waals surface area contributed by atoms with Gasteiger partial charge in [0.1, 0.15) is 16.4 Å². The number of nitrogens with one attached hydrogen (secondary N) is 1. The predicted molar refractivity (Wildman–Crippen MR) is 72.0 cm³/mol. The van der Waals surface area contributed by atoms with E-state index in [0.29, 0.717) is 11.5 Å². The van der Waals surface area contributed by atoms with Gasteiger partial charge >= 0.3 is 5.97 Å². The third-order valence-electron chi connectivity index (χ3n) is 2.50. The highest BCUT2D eigenvalue weighted by Gasteiger charge is 2.13. The lowest BCUT2D eigenvalue weighted by atomic mass is 10.2. The molecular weight excluding hydrogens is 282 g/mol. The lowest BCUT2D eigenvalue weighted by Gasteiger charge is -2.11. The van der Waals surface area contributed by atoms with Gasteiger partial charge in [0.2, 0.25) is 0 Å². The smallest absolute Gasteiger partial charge is 0.346 e. The first-order valence-electron chi connectivity index (χ1n) is 5.83. The van der Waals surface area contributed by atoms with Crippen molar-refractivity contribution in [1.82, 2.24) is 5.32 Å². The summed E-state index contributed by atoms with van der Waals surface area (Å²) in [5, 5.41) is 13.0. The largest absolute Gasteiger partial charge is 0.483 e. The highest BCUT2D eigenvalue weighted by Crippen LogP contribution is 2.21. The van der Waals surface area contributed by atoms with Gasteiger partial charge in [0.25, 0.3) is 5.91 Å². The molecule has 20 heavy (non-hydrogen) atoms. The number of hydrogen-bond acceptors (Lipinski definition) is 5. The quantitative estimate of drug-likeness (QED) is 0.853. The number of carbonyl (C=O) groups is 2. The normalized spacial score (nSPS) is 11.8. The summed E-state index contributed by atoms with van der Waals surface area (Å²) in [4.78, 5) is 22.5. The zero-order valence-electron chi connectivity index (χ0n) is 10.7. The Bertz CT molecular complexity index is 590. The van der Waals surface area contributed by atoms with Crippen LogP contribution in [0.4, 0.5) is 0 Å². The minimum atomic E-state index is -1.01. The molecule has 0 saturated heterocycles. The minimum Gasteiger partial charge on any atom is -0.483 e. The standard InChI is InChI=1S/C13H13NO5S/c1-8(10-3-2-4-18-10)14-12(15)6-19-9-5-11(13(16)17)20-7-9/h2-5,7-8H,6H2,1H3,(H,14,15)(H,16,17). The van der Waals surface area contributed by atoms with Crippen LogP contribution in [-0.4, -0.2) is 23.6 Å². The van der Waals surface area contributed by atoms with E-state index < -0.39 is 5.97 Å². The van der Waals surface area contributed by atoms with Crippen molar-refractivity contribution >= 4 is 23.2 Å². The molecular formula is C13H13NO5S. The van der Waals surface area contributed by atoms with Crippen molar-refractivity contribution in [2.24, 2.45) is 0 Å². The van der Waals surface area contributed by atoms with Crippen LogP contribution in [0.15, 0.2) is 34.3 Å². The summed E-state index contributed by atoms with van der Waals surface area (Å²) in [6.07, 6.45) is 1.53. The van der Waals surface area contributed by atoms with E-state index in [2.05, 4.69) is 5.32 Å². The van der Waals surface area contributed by atoms with Gasteiger partial charge in [0.15, 0.2) is 6.61 Å². The molecule has 2 N–H and O–H groups in total. The molecule has 0 fully saturated rings. The molecule has 2 aromatic rings. The van der Waals surface area contributed by atoms with Gasteiger partial charge in [-0.1, -0.05) is 0 Å². The Kier molecular flexibility index (Phi) is 4.41. The van der Waals surface area contributed by atoms with Crippen LogP contribution < -0.4 is 10.1 Å². The number of aromatic carboxylic acids is 1. The fraction of sp³-hybridized carbons (Fsp3) is 0.231. The second-order valence-electron chi connectivity index (χ2n) is 4.05. The molecule has 6 nitrogen and oxygen atoms in total. The van der Waals surface area contributed by atoms with Crippen molar-refractivity contribution in [1.29, 1.82) is 0 Å². The molecule has 0 bridgehead atoms. The third-order valence-corrected chi connectivity index (χ3v) is 3.40. The van der Waals surface area contributed by atoms with Crippen LogP contribution in [0.3, 0.4) is 0 Å². The molecule has 2 rings (SSSR count). The van der Waals surface area contributed by atoms with Gasteiger partial charge in [-0.05, 0) is 19.1 Å². The highest BCUT2D eigenvalue weighted by molar-refractivity contribution is 7.12. The first kappa shape index (κ1) is 14.1. The molecule has 0 saturated carbocycles. The van der Waals surface area contributed by atoms with Crippen LogP contribution in [0, 0.1) is 0 Å². The van der Waals surface area contributed by atoms with E-state index in [1.54, 1.807) is 24.4 Å². The maximum atomic E-state index is 11.7. The average Bonchev–Trinajstić information content (AvgIpc) is 3.07. The molecule has 0 aliphatic rings. The number of furan rings is 1.